The van der Waals surface area contributed by atoms with Crippen molar-refractivity contribution in [2.45, 2.75) is 39.7 Å². The van der Waals surface area contributed by atoms with E-state index in [0.29, 0.717) is 23.8 Å². The summed E-state index contributed by atoms with van der Waals surface area (Å²) < 4.78 is 16.0. The van der Waals surface area contributed by atoms with E-state index < -0.39 is 12.1 Å². The summed E-state index contributed by atoms with van der Waals surface area (Å²) in [4.78, 5) is 24.9. The number of para-hydroxylation sites is 1. The second kappa shape index (κ2) is 9.78. The first-order chi connectivity index (χ1) is 13.4. The van der Waals surface area contributed by atoms with Gasteiger partial charge in [0.2, 0.25) is 0 Å². The number of amides is 1. The van der Waals surface area contributed by atoms with Crippen molar-refractivity contribution in [3.63, 3.8) is 0 Å². The fourth-order valence-corrected chi connectivity index (χ4v) is 2.70. The number of benzene rings is 2. The van der Waals surface area contributed by atoms with Gasteiger partial charge in [-0.1, -0.05) is 32.0 Å². The summed E-state index contributed by atoms with van der Waals surface area (Å²) in [6, 6.07) is 12.3. The Hall–Kier alpha value is -3.02. The van der Waals surface area contributed by atoms with Crippen LogP contribution < -0.4 is 14.8 Å². The zero-order valence-electron chi connectivity index (χ0n) is 16.9. The smallest absolute Gasteiger partial charge is 0.339 e. The van der Waals surface area contributed by atoms with Crippen molar-refractivity contribution in [2.75, 3.05) is 19.0 Å². The Kier molecular flexibility index (Phi) is 7.44. The van der Waals surface area contributed by atoms with Crippen LogP contribution in [0.5, 0.6) is 11.5 Å². The van der Waals surface area contributed by atoms with E-state index in [9.17, 15) is 9.59 Å². The van der Waals surface area contributed by atoms with Gasteiger partial charge < -0.3 is 19.5 Å². The summed E-state index contributed by atoms with van der Waals surface area (Å²) in [6.07, 6.45) is -0.953. The highest BCUT2D eigenvalue weighted by Gasteiger charge is 2.21. The van der Waals surface area contributed by atoms with Crippen molar-refractivity contribution >= 4 is 17.6 Å². The number of hydrogen-bond acceptors (Lipinski definition) is 5. The molecule has 0 aromatic heterocycles. The highest BCUT2D eigenvalue weighted by Crippen LogP contribution is 2.28. The molecule has 0 radical (unpaired) electrons. The number of carbonyl (C=O) groups is 2. The van der Waals surface area contributed by atoms with Crippen LogP contribution in [0.1, 0.15) is 49.5 Å². The zero-order valence-corrected chi connectivity index (χ0v) is 16.9. The van der Waals surface area contributed by atoms with Crippen molar-refractivity contribution < 1.29 is 23.8 Å². The van der Waals surface area contributed by atoms with Gasteiger partial charge in [0.05, 0.1) is 19.3 Å². The molecule has 2 rings (SSSR count). The van der Waals surface area contributed by atoms with Gasteiger partial charge in [-0.05, 0) is 49.6 Å². The fraction of sp³-hybridized carbons (Fsp3) is 0.364. The van der Waals surface area contributed by atoms with Crippen molar-refractivity contribution in [1.29, 1.82) is 0 Å². The number of hydrogen-bond donors (Lipinski definition) is 1. The first-order valence-electron chi connectivity index (χ1n) is 9.29. The molecule has 0 heterocycles. The third-order valence-electron chi connectivity index (χ3n) is 4.19. The van der Waals surface area contributed by atoms with Gasteiger partial charge in [-0.3, -0.25) is 4.79 Å². The Morgan fingerprint density at radius 2 is 1.75 bits per heavy atom. The fourth-order valence-electron chi connectivity index (χ4n) is 2.70. The molecule has 28 heavy (non-hydrogen) atoms. The lowest BCUT2D eigenvalue weighted by molar-refractivity contribution is -0.123. The molecule has 0 saturated carbocycles. The molecule has 0 aliphatic carbocycles. The molecule has 2 aromatic carbocycles. The van der Waals surface area contributed by atoms with Crippen LogP contribution in [0.25, 0.3) is 0 Å². The van der Waals surface area contributed by atoms with Gasteiger partial charge in [0.1, 0.15) is 0 Å². The molecule has 1 N–H and O–H groups in total. The van der Waals surface area contributed by atoms with E-state index in [-0.39, 0.29) is 17.4 Å². The first kappa shape index (κ1) is 21.3. The van der Waals surface area contributed by atoms with E-state index in [0.717, 1.165) is 5.56 Å². The van der Waals surface area contributed by atoms with Crippen LogP contribution in [0.2, 0.25) is 0 Å². The van der Waals surface area contributed by atoms with Crippen LogP contribution in [0.15, 0.2) is 42.5 Å². The molecule has 0 spiro atoms. The van der Waals surface area contributed by atoms with Gasteiger partial charge in [-0.2, -0.15) is 0 Å². The lowest BCUT2D eigenvalue weighted by Crippen LogP contribution is -2.30. The molecule has 0 aliphatic heterocycles. The van der Waals surface area contributed by atoms with E-state index in [1.807, 2.05) is 45.0 Å². The van der Waals surface area contributed by atoms with E-state index in [1.54, 1.807) is 18.2 Å². The van der Waals surface area contributed by atoms with E-state index in [1.165, 1.54) is 14.0 Å². The molecular formula is C22H27NO5. The standard InChI is InChI=1S/C22H27NO5/c1-6-27-20-13-16(11-12-19(20)26-5)22(25)28-15(4)21(24)23-18-10-8-7-9-17(18)14(2)3/h7-15H,6H2,1-5H3,(H,23,24)/t15-/m0/s1. The number of rotatable bonds is 8. The Labute approximate surface area is 165 Å². The second-order valence-electron chi connectivity index (χ2n) is 6.58. The molecule has 0 saturated heterocycles. The molecule has 1 amide bonds. The number of esters is 1. The summed E-state index contributed by atoms with van der Waals surface area (Å²) in [6.45, 7) is 7.91. The quantitative estimate of drug-likeness (QED) is 0.682. The molecule has 150 valence electrons. The van der Waals surface area contributed by atoms with Crippen molar-refractivity contribution in [3.8, 4) is 11.5 Å². The molecule has 0 bridgehead atoms. The lowest BCUT2D eigenvalue weighted by atomic mass is 10.0. The van der Waals surface area contributed by atoms with Gasteiger partial charge in [0, 0.05) is 5.69 Å². The van der Waals surface area contributed by atoms with Crippen molar-refractivity contribution in [1.82, 2.24) is 0 Å². The van der Waals surface area contributed by atoms with Crippen LogP contribution in [-0.2, 0) is 9.53 Å². The molecule has 0 fully saturated rings. The third kappa shape index (κ3) is 5.25. The van der Waals surface area contributed by atoms with Gasteiger partial charge in [0.15, 0.2) is 17.6 Å². The van der Waals surface area contributed by atoms with Crippen LogP contribution in [0, 0.1) is 0 Å². The Balaban J connectivity index is 2.08. The van der Waals surface area contributed by atoms with Gasteiger partial charge in [0.25, 0.3) is 5.91 Å². The second-order valence-corrected chi connectivity index (χ2v) is 6.58. The number of carbonyl (C=O) groups excluding carboxylic acids is 2. The number of methoxy groups -OCH3 is 1. The monoisotopic (exact) mass is 385 g/mol. The molecular weight excluding hydrogens is 358 g/mol. The maximum Gasteiger partial charge on any atom is 0.339 e. The third-order valence-corrected chi connectivity index (χ3v) is 4.19. The predicted octanol–water partition coefficient (Wildman–Crippen LogP) is 4.40. The molecule has 0 aliphatic rings. The average Bonchev–Trinajstić information content (AvgIpc) is 2.68. The topological polar surface area (TPSA) is 73.9 Å². The Bertz CT molecular complexity index is 831. The first-order valence-corrected chi connectivity index (χ1v) is 9.29. The number of nitrogens with one attached hydrogen (secondary N) is 1. The van der Waals surface area contributed by atoms with Crippen LogP contribution >= 0.6 is 0 Å². The average molecular weight is 385 g/mol. The molecule has 0 unspecified atom stereocenters. The predicted molar refractivity (Wildman–Crippen MR) is 108 cm³/mol. The SMILES string of the molecule is CCOc1cc(C(=O)O[C@@H](C)C(=O)Nc2ccccc2C(C)C)ccc1OC. The summed E-state index contributed by atoms with van der Waals surface area (Å²) >= 11 is 0. The van der Waals surface area contributed by atoms with Gasteiger partial charge in [-0.15, -0.1) is 0 Å². The zero-order chi connectivity index (χ0) is 20.7. The van der Waals surface area contributed by atoms with Gasteiger partial charge >= 0.3 is 5.97 Å². The normalized spacial score (nSPS) is 11.6. The highest BCUT2D eigenvalue weighted by atomic mass is 16.5. The Morgan fingerprint density at radius 3 is 2.39 bits per heavy atom. The van der Waals surface area contributed by atoms with Gasteiger partial charge in [-0.25, -0.2) is 4.79 Å². The molecule has 6 heteroatoms. The minimum atomic E-state index is -0.953. The maximum absolute atomic E-state index is 12.5. The maximum atomic E-state index is 12.5. The van der Waals surface area contributed by atoms with E-state index in [4.69, 9.17) is 14.2 Å². The van der Waals surface area contributed by atoms with Crippen molar-refractivity contribution in [2.24, 2.45) is 0 Å². The molecule has 1 atom stereocenters. The van der Waals surface area contributed by atoms with E-state index >= 15 is 0 Å². The summed E-state index contributed by atoms with van der Waals surface area (Å²) in [7, 11) is 1.53. The van der Waals surface area contributed by atoms with Crippen LogP contribution in [0.3, 0.4) is 0 Å². The van der Waals surface area contributed by atoms with Crippen LogP contribution in [0.4, 0.5) is 5.69 Å². The minimum Gasteiger partial charge on any atom is -0.493 e. The molecule has 6 nitrogen and oxygen atoms in total. The summed E-state index contributed by atoms with van der Waals surface area (Å²) in [5.74, 6) is 0.228. The number of ether oxygens (including phenoxy) is 3. The minimum absolute atomic E-state index is 0.255. The highest BCUT2D eigenvalue weighted by molar-refractivity contribution is 5.98. The van der Waals surface area contributed by atoms with Crippen LogP contribution in [-0.4, -0.2) is 31.7 Å². The van der Waals surface area contributed by atoms with Crippen molar-refractivity contribution in [3.05, 3.63) is 53.6 Å². The molecule has 2 aromatic rings. The largest absolute Gasteiger partial charge is 0.493 e. The summed E-state index contributed by atoms with van der Waals surface area (Å²) in [5, 5.41) is 2.84. The summed E-state index contributed by atoms with van der Waals surface area (Å²) in [5.41, 5.74) is 2.02. The Morgan fingerprint density at radius 1 is 1.04 bits per heavy atom. The van der Waals surface area contributed by atoms with E-state index in [2.05, 4.69) is 5.32 Å². The lowest BCUT2D eigenvalue weighted by Gasteiger charge is -2.17. The number of anilines is 1.